The largest absolute Gasteiger partial charge is 0.373 e. The molecule has 94 valence electrons. The molecular formula is C13H14BrN3S. The minimum atomic E-state index is 0.832. The Morgan fingerprint density at radius 2 is 2.06 bits per heavy atom. The number of anilines is 1. The van der Waals surface area contributed by atoms with Gasteiger partial charge in [-0.1, -0.05) is 30.8 Å². The van der Waals surface area contributed by atoms with Crippen molar-refractivity contribution in [2.24, 2.45) is 0 Å². The minimum Gasteiger partial charge on any atom is -0.373 e. The zero-order valence-corrected chi connectivity index (χ0v) is 12.7. The van der Waals surface area contributed by atoms with Crippen LogP contribution in [-0.4, -0.2) is 17.0 Å². The number of hydrogen-bond donors (Lipinski definition) is 1. The molecule has 0 saturated carbocycles. The van der Waals surface area contributed by atoms with Crippen LogP contribution < -0.4 is 5.32 Å². The van der Waals surface area contributed by atoms with E-state index in [1.54, 1.807) is 11.8 Å². The molecule has 0 spiro atoms. The van der Waals surface area contributed by atoms with E-state index < -0.39 is 0 Å². The third-order valence-corrected chi connectivity index (χ3v) is 4.32. The minimum absolute atomic E-state index is 0.832. The van der Waals surface area contributed by atoms with E-state index in [2.05, 4.69) is 44.2 Å². The van der Waals surface area contributed by atoms with Gasteiger partial charge in [0.15, 0.2) is 0 Å². The second kappa shape index (κ2) is 6.20. The van der Waals surface area contributed by atoms with Crippen LogP contribution in [0, 0.1) is 0 Å². The summed E-state index contributed by atoms with van der Waals surface area (Å²) in [6.45, 7) is 2.06. The van der Waals surface area contributed by atoms with Crippen molar-refractivity contribution in [1.82, 2.24) is 9.97 Å². The van der Waals surface area contributed by atoms with Gasteiger partial charge in [0.05, 0.1) is 0 Å². The van der Waals surface area contributed by atoms with Crippen LogP contribution in [-0.2, 0) is 6.42 Å². The van der Waals surface area contributed by atoms with Crippen molar-refractivity contribution in [3.05, 3.63) is 40.6 Å². The molecule has 0 amide bonds. The van der Waals surface area contributed by atoms with Gasteiger partial charge in [-0.25, -0.2) is 9.97 Å². The van der Waals surface area contributed by atoms with E-state index in [-0.39, 0.29) is 0 Å². The van der Waals surface area contributed by atoms with Gasteiger partial charge in [0.25, 0.3) is 0 Å². The molecule has 1 N–H and O–H groups in total. The normalized spacial score (nSPS) is 10.4. The number of hydrogen-bond acceptors (Lipinski definition) is 4. The first-order chi connectivity index (χ1) is 8.72. The number of aryl methyl sites for hydroxylation is 1. The zero-order valence-electron chi connectivity index (χ0n) is 10.3. The van der Waals surface area contributed by atoms with Crippen molar-refractivity contribution in [2.75, 3.05) is 12.4 Å². The Hall–Kier alpha value is -1.07. The number of nitrogens with one attached hydrogen (secondary N) is 1. The number of aromatic nitrogens is 2. The van der Waals surface area contributed by atoms with E-state index in [9.17, 15) is 0 Å². The third kappa shape index (κ3) is 3.23. The van der Waals surface area contributed by atoms with Gasteiger partial charge < -0.3 is 5.32 Å². The molecule has 18 heavy (non-hydrogen) atoms. The standard InChI is InChI=1S/C13H14BrN3S/c1-3-11-16-12(15-2)8-13(17-11)18-10-7-5-4-6-9(10)14/h4-8H,3H2,1-2H3,(H,15,16,17). The van der Waals surface area contributed by atoms with E-state index in [4.69, 9.17) is 0 Å². The van der Waals surface area contributed by atoms with Crippen molar-refractivity contribution in [3.63, 3.8) is 0 Å². The molecule has 0 atom stereocenters. The predicted molar refractivity (Wildman–Crippen MR) is 79.2 cm³/mol. The third-order valence-electron chi connectivity index (χ3n) is 2.37. The molecular weight excluding hydrogens is 310 g/mol. The maximum absolute atomic E-state index is 4.53. The highest BCUT2D eigenvalue weighted by atomic mass is 79.9. The first-order valence-electron chi connectivity index (χ1n) is 5.71. The molecule has 1 aromatic carbocycles. The first kappa shape index (κ1) is 13.4. The van der Waals surface area contributed by atoms with Gasteiger partial charge in [-0.2, -0.15) is 0 Å². The average Bonchev–Trinajstić information content (AvgIpc) is 2.41. The van der Waals surface area contributed by atoms with Gasteiger partial charge in [-0.15, -0.1) is 0 Å². The SMILES string of the molecule is CCc1nc(NC)cc(Sc2ccccc2Br)n1. The number of nitrogens with zero attached hydrogens (tertiary/aromatic N) is 2. The smallest absolute Gasteiger partial charge is 0.131 e. The van der Waals surface area contributed by atoms with Crippen molar-refractivity contribution in [1.29, 1.82) is 0 Å². The second-order valence-electron chi connectivity index (χ2n) is 3.64. The highest BCUT2D eigenvalue weighted by Gasteiger charge is 2.06. The first-order valence-corrected chi connectivity index (χ1v) is 7.32. The molecule has 5 heteroatoms. The lowest BCUT2D eigenvalue weighted by Crippen LogP contribution is -2.00. The quantitative estimate of drug-likeness (QED) is 0.863. The van der Waals surface area contributed by atoms with Crippen LogP contribution in [0.1, 0.15) is 12.7 Å². The average molecular weight is 324 g/mol. The molecule has 0 aliphatic rings. The van der Waals surface area contributed by atoms with Crippen molar-refractivity contribution in [3.8, 4) is 0 Å². The van der Waals surface area contributed by atoms with Crippen molar-refractivity contribution >= 4 is 33.5 Å². The fraction of sp³-hybridized carbons (Fsp3) is 0.231. The van der Waals surface area contributed by atoms with Gasteiger partial charge in [0, 0.05) is 28.9 Å². The molecule has 1 heterocycles. The summed E-state index contributed by atoms with van der Waals surface area (Å²) in [5.41, 5.74) is 0. The molecule has 0 aliphatic heterocycles. The van der Waals surface area contributed by atoms with E-state index in [1.807, 2.05) is 31.3 Å². The van der Waals surface area contributed by atoms with Crippen LogP contribution in [0.25, 0.3) is 0 Å². The molecule has 3 nitrogen and oxygen atoms in total. The second-order valence-corrected chi connectivity index (χ2v) is 5.56. The maximum atomic E-state index is 4.53. The Bertz CT molecular complexity index is 523. The van der Waals surface area contributed by atoms with Crippen molar-refractivity contribution < 1.29 is 0 Å². The number of benzene rings is 1. The van der Waals surface area contributed by atoms with Crippen LogP contribution in [0.3, 0.4) is 0 Å². The molecule has 2 rings (SSSR count). The molecule has 0 unspecified atom stereocenters. The van der Waals surface area contributed by atoms with E-state index in [0.29, 0.717) is 0 Å². The molecule has 0 fully saturated rings. The fourth-order valence-corrected chi connectivity index (χ4v) is 2.84. The van der Waals surface area contributed by atoms with Gasteiger partial charge >= 0.3 is 0 Å². The molecule has 1 aromatic heterocycles. The topological polar surface area (TPSA) is 37.8 Å². The highest BCUT2D eigenvalue weighted by molar-refractivity contribution is 9.10. The van der Waals surface area contributed by atoms with E-state index in [0.717, 1.165) is 32.5 Å². The monoisotopic (exact) mass is 323 g/mol. The summed E-state index contributed by atoms with van der Waals surface area (Å²) >= 11 is 5.18. The Morgan fingerprint density at radius 3 is 2.72 bits per heavy atom. The number of halogens is 1. The van der Waals surface area contributed by atoms with Crippen LogP contribution in [0.4, 0.5) is 5.82 Å². The summed E-state index contributed by atoms with van der Waals surface area (Å²) in [5.74, 6) is 1.72. The van der Waals surface area contributed by atoms with Crippen LogP contribution in [0.5, 0.6) is 0 Å². The van der Waals surface area contributed by atoms with E-state index in [1.165, 1.54) is 0 Å². The Kier molecular flexibility index (Phi) is 4.60. The summed E-state index contributed by atoms with van der Waals surface area (Å²) < 4.78 is 1.08. The molecule has 0 bridgehead atoms. The van der Waals surface area contributed by atoms with Crippen LogP contribution in [0.2, 0.25) is 0 Å². The predicted octanol–water partition coefficient (Wildman–Crippen LogP) is 3.99. The maximum Gasteiger partial charge on any atom is 0.131 e. The lowest BCUT2D eigenvalue weighted by molar-refractivity contribution is 0.891. The Labute approximate surface area is 120 Å². The van der Waals surface area contributed by atoms with Gasteiger partial charge in [0.1, 0.15) is 16.7 Å². The lowest BCUT2D eigenvalue weighted by Gasteiger charge is -2.07. The fourth-order valence-electron chi connectivity index (χ4n) is 1.45. The van der Waals surface area contributed by atoms with Crippen LogP contribution in [0.15, 0.2) is 44.7 Å². The van der Waals surface area contributed by atoms with E-state index >= 15 is 0 Å². The van der Waals surface area contributed by atoms with Gasteiger partial charge in [0.2, 0.25) is 0 Å². The highest BCUT2D eigenvalue weighted by Crippen LogP contribution is 2.32. The molecule has 0 aliphatic carbocycles. The zero-order chi connectivity index (χ0) is 13.0. The summed E-state index contributed by atoms with van der Waals surface area (Å²) in [6.07, 6.45) is 0.832. The summed E-state index contributed by atoms with van der Waals surface area (Å²) in [7, 11) is 1.87. The summed E-state index contributed by atoms with van der Waals surface area (Å²) in [4.78, 5) is 10.1. The van der Waals surface area contributed by atoms with Crippen LogP contribution >= 0.6 is 27.7 Å². The number of rotatable bonds is 4. The van der Waals surface area contributed by atoms with Gasteiger partial charge in [-0.3, -0.25) is 0 Å². The van der Waals surface area contributed by atoms with Crippen molar-refractivity contribution in [2.45, 2.75) is 23.3 Å². The molecule has 0 saturated heterocycles. The summed E-state index contributed by atoms with van der Waals surface area (Å²) in [6, 6.07) is 10.1. The Morgan fingerprint density at radius 1 is 1.28 bits per heavy atom. The van der Waals surface area contributed by atoms with Gasteiger partial charge in [-0.05, 0) is 28.1 Å². The summed E-state index contributed by atoms with van der Waals surface area (Å²) in [5, 5.41) is 4.02. The lowest BCUT2D eigenvalue weighted by atomic mass is 10.4. The molecule has 2 aromatic rings. The Balaban J connectivity index is 2.31. The molecule has 0 radical (unpaired) electrons.